The lowest BCUT2D eigenvalue weighted by Crippen LogP contribution is -1.92. The van der Waals surface area contributed by atoms with Crippen LogP contribution in [-0.2, 0) is 0 Å². The van der Waals surface area contributed by atoms with Crippen LogP contribution < -0.4 is 0 Å². The highest BCUT2D eigenvalue weighted by atomic mass is 79.9. The third-order valence-electron chi connectivity index (χ3n) is 2.84. The van der Waals surface area contributed by atoms with Crippen LogP contribution in [0.25, 0.3) is 6.08 Å². The number of halogens is 1. The first kappa shape index (κ1) is 14.5. The number of Topliss-reactive ketones (excluding diaryl/α,β-unsaturated/α-hetero) is 1. The smallest absolute Gasteiger partial charge is 0.185 e. The maximum atomic E-state index is 11.9. The number of hydrogen-bond acceptors (Lipinski definition) is 3. The maximum Gasteiger partial charge on any atom is 0.185 e. The van der Waals surface area contributed by atoms with Crippen molar-refractivity contribution in [1.82, 2.24) is 0 Å². The van der Waals surface area contributed by atoms with E-state index < -0.39 is 0 Å². The molecule has 20 heavy (non-hydrogen) atoms. The van der Waals surface area contributed by atoms with Crippen LogP contribution in [0, 0.1) is 6.92 Å². The summed E-state index contributed by atoms with van der Waals surface area (Å²) < 4.78 is 6.34. The summed E-state index contributed by atoms with van der Waals surface area (Å²) in [6.07, 6.45) is 3.01. The Morgan fingerprint density at radius 2 is 1.85 bits per heavy atom. The van der Waals surface area contributed by atoms with Crippen molar-refractivity contribution in [2.75, 3.05) is 0 Å². The Morgan fingerprint density at radius 1 is 1.20 bits per heavy atom. The zero-order valence-corrected chi connectivity index (χ0v) is 12.7. The van der Waals surface area contributed by atoms with Gasteiger partial charge in [0.25, 0.3) is 0 Å². The molecule has 0 aliphatic heterocycles. The fourth-order valence-electron chi connectivity index (χ4n) is 1.80. The summed E-state index contributed by atoms with van der Waals surface area (Å²) in [6, 6.07) is 8.75. The second-order valence-corrected chi connectivity index (χ2v) is 5.29. The van der Waals surface area contributed by atoms with Crippen LogP contribution in [0.15, 0.2) is 45.3 Å². The molecule has 3 nitrogen and oxygen atoms in total. The lowest BCUT2D eigenvalue weighted by molar-refractivity contribution is 0.101. The molecule has 0 aliphatic carbocycles. The van der Waals surface area contributed by atoms with Crippen LogP contribution in [0.4, 0.5) is 0 Å². The summed E-state index contributed by atoms with van der Waals surface area (Å²) in [5.74, 6) is 0.896. The van der Waals surface area contributed by atoms with Gasteiger partial charge in [-0.25, -0.2) is 0 Å². The van der Waals surface area contributed by atoms with Crippen LogP contribution in [0.3, 0.4) is 0 Å². The molecule has 0 spiro atoms. The first-order valence-electron chi connectivity index (χ1n) is 6.06. The van der Waals surface area contributed by atoms with Crippen molar-refractivity contribution < 1.29 is 14.0 Å². The van der Waals surface area contributed by atoms with Crippen molar-refractivity contribution >= 4 is 33.6 Å². The molecular weight excluding hydrogens is 320 g/mol. The highest BCUT2D eigenvalue weighted by molar-refractivity contribution is 9.10. The number of aryl methyl sites for hydroxylation is 1. The Hall–Kier alpha value is -1.94. The summed E-state index contributed by atoms with van der Waals surface area (Å²) in [4.78, 5) is 23.3. The Bertz CT molecular complexity index is 678. The van der Waals surface area contributed by atoms with E-state index in [1.807, 2.05) is 12.1 Å². The molecule has 0 saturated heterocycles. The average molecular weight is 333 g/mol. The van der Waals surface area contributed by atoms with Gasteiger partial charge in [0.1, 0.15) is 11.5 Å². The van der Waals surface area contributed by atoms with Crippen LogP contribution in [0.5, 0.6) is 0 Å². The van der Waals surface area contributed by atoms with Crippen molar-refractivity contribution in [1.29, 1.82) is 0 Å². The predicted octanol–water partition coefficient (Wildman–Crippen LogP) is 4.45. The second-order valence-electron chi connectivity index (χ2n) is 4.38. The monoisotopic (exact) mass is 332 g/mol. The Morgan fingerprint density at radius 3 is 2.40 bits per heavy atom. The van der Waals surface area contributed by atoms with Gasteiger partial charge >= 0.3 is 0 Å². The van der Waals surface area contributed by atoms with Gasteiger partial charge in [-0.2, -0.15) is 0 Å². The van der Waals surface area contributed by atoms with Crippen molar-refractivity contribution in [3.8, 4) is 0 Å². The highest BCUT2D eigenvalue weighted by Gasteiger charge is 2.09. The Balaban J connectivity index is 2.17. The van der Waals surface area contributed by atoms with Crippen molar-refractivity contribution in [2.24, 2.45) is 0 Å². The number of furan rings is 1. The van der Waals surface area contributed by atoms with E-state index in [0.29, 0.717) is 22.6 Å². The first-order chi connectivity index (χ1) is 9.47. The summed E-state index contributed by atoms with van der Waals surface area (Å²) in [5.41, 5.74) is 1.14. The quantitative estimate of drug-likeness (QED) is 0.613. The fourth-order valence-corrected chi connectivity index (χ4v) is 2.07. The minimum absolute atomic E-state index is 0.0508. The lowest BCUT2D eigenvalue weighted by Gasteiger charge is -1.95. The number of benzene rings is 1. The minimum Gasteiger partial charge on any atom is -0.461 e. The third kappa shape index (κ3) is 3.33. The number of carbonyl (C=O) groups is 2. The molecule has 2 aromatic rings. The molecular formula is C16H13BrO3. The van der Waals surface area contributed by atoms with Gasteiger partial charge in [0.05, 0.1) is 5.56 Å². The normalized spacial score (nSPS) is 10.9. The van der Waals surface area contributed by atoms with Crippen LogP contribution in [-0.4, -0.2) is 11.6 Å². The fraction of sp³-hybridized carbons (Fsp3) is 0.125. The molecule has 1 aromatic heterocycles. The van der Waals surface area contributed by atoms with Crippen molar-refractivity contribution in [2.45, 2.75) is 13.8 Å². The molecule has 0 bridgehead atoms. The van der Waals surface area contributed by atoms with E-state index in [0.717, 1.165) is 4.47 Å². The summed E-state index contributed by atoms with van der Waals surface area (Å²) in [5, 5.41) is 0. The topological polar surface area (TPSA) is 47.3 Å². The van der Waals surface area contributed by atoms with Gasteiger partial charge in [-0.1, -0.05) is 15.9 Å². The zero-order valence-electron chi connectivity index (χ0n) is 11.1. The number of hydrogen-bond donors (Lipinski definition) is 0. The highest BCUT2D eigenvalue weighted by Crippen LogP contribution is 2.17. The molecule has 0 unspecified atom stereocenters. The molecule has 0 N–H and O–H groups in total. The maximum absolute atomic E-state index is 11.9. The summed E-state index contributed by atoms with van der Waals surface area (Å²) in [6.45, 7) is 3.21. The van der Waals surface area contributed by atoms with Crippen LogP contribution >= 0.6 is 15.9 Å². The minimum atomic E-state index is -0.115. The zero-order chi connectivity index (χ0) is 14.7. The Labute approximate surface area is 125 Å². The lowest BCUT2D eigenvalue weighted by atomic mass is 10.1. The van der Waals surface area contributed by atoms with E-state index >= 15 is 0 Å². The SMILES string of the molecule is CC(=O)c1cc(/C=C/C(=O)c2ccc(Br)cc2)oc1C. The number of rotatable bonds is 4. The molecule has 4 heteroatoms. The van der Waals surface area contributed by atoms with Gasteiger partial charge in [0.15, 0.2) is 11.6 Å². The molecule has 0 atom stereocenters. The van der Waals surface area contributed by atoms with Crippen molar-refractivity contribution in [3.63, 3.8) is 0 Å². The molecule has 0 aliphatic rings. The van der Waals surface area contributed by atoms with E-state index in [9.17, 15) is 9.59 Å². The second kappa shape index (κ2) is 6.01. The van der Waals surface area contributed by atoms with Gasteiger partial charge in [0, 0.05) is 10.0 Å². The van der Waals surface area contributed by atoms with Crippen molar-refractivity contribution in [3.05, 3.63) is 63.5 Å². The largest absolute Gasteiger partial charge is 0.461 e. The van der Waals surface area contributed by atoms with E-state index in [2.05, 4.69) is 15.9 Å². The van der Waals surface area contributed by atoms with E-state index in [-0.39, 0.29) is 11.6 Å². The molecule has 2 rings (SSSR count). The van der Waals surface area contributed by atoms with Gasteiger partial charge < -0.3 is 4.42 Å². The molecule has 0 amide bonds. The first-order valence-corrected chi connectivity index (χ1v) is 6.86. The van der Waals surface area contributed by atoms with Crippen LogP contribution in [0.2, 0.25) is 0 Å². The average Bonchev–Trinajstić information content (AvgIpc) is 2.78. The Kier molecular flexibility index (Phi) is 4.35. The molecule has 0 fully saturated rings. The van der Waals surface area contributed by atoms with E-state index in [1.165, 1.54) is 13.0 Å². The van der Waals surface area contributed by atoms with Gasteiger partial charge in [0.2, 0.25) is 0 Å². The number of carbonyl (C=O) groups excluding carboxylic acids is 2. The van der Waals surface area contributed by atoms with Gasteiger partial charge in [-0.3, -0.25) is 9.59 Å². The van der Waals surface area contributed by atoms with Crippen LogP contribution in [0.1, 0.15) is 39.2 Å². The summed E-state index contributed by atoms with van der Waals surface area (Å²) in [7, 11) is 0. The molecule has 0 radical (unpaired) electrons. The molecule has 1 heterocycles. The van der Waals surface area contributed by atoms with Gasteiger partial charge in [-0.15, -0.1) is 0 Å². The van der Waals surface area contributed by atoms with E-state index in [4.69, 9.17) is 4.42 Å². The molecule has 102 valence electrons. The van der Waals surface area contributed by atoms with Gasteiger partial charge in [-0.05, 0) is 56.3 Å². The third-order valence-corrected chi connectivity index (χ3v) is 3.37. The molecule has 0 saturated carbocycles. The molecule has 1 aromatic carbocycles. The number of ketones is 2. The predicted molar refractivity (Wildman–Crippen MR) is 81.0 cm³/mol. The standard InChI is InChI=1S/C16H13BrO3/c1-10(18)15-9-14(20-11(15)2)7-8-16(19)12-3-5-13(17)6-4-12/h3-9H,1-2H3/b8-7+. The summed E-state index contributed by atoms with van der Waals surface area (Å²) >= 11 is 3.32. The number of allylic oxidation sites excluding steroid dienone is 1. The van der Waals surface area contributed by atoms with E-state index in [1.54, 1.807) is 31.2 Å².